The average molecular weight is 380 g/mol. The van der Waals surface area contributed by atoms with E-state index in [4.69, 9.17) is 0 Å². The number of hydrogen-bond acceptors (Lipinski definition) is 4. The lowest BCUT2D eigenvalue weighted by atomic mass is 10.0. The number of carbonyl (C=O) groups excluding carboxylic acids is 2. The largest absolute Gasteiger partial charge is 0.353 e. The number of amides is 2. The molecule has 2 aromatic rings. The zero-order valence-corrected chi connectivity index (χ0v) is 16.1. The second kappa shape index (κ2) is 10.6. The van der Waals surface area contributed by atoms with Gasteiger partial charge in [-0.2, -0.15) is 0 Å². The van der Waals surface area contributed by atoms with Gasteiger partial charge in [-0.05, 0) is 17.7 Å². The summed E-state index contributed by atoms with van der Waals surface area (Å²) >= 11 is 0. The van der Waals surface area contributed by atoms with Crippen molar-refractivity contribution in [3.63, 3.8) is 0 Å². The molecule has 0 radical (unpaired) electrons. The number of carbonyl (C=O) groups is 2. The summed E-state index contributed by atoms with van der Waals surface area (Å²) in [7, 11) is 0. The first-order valence-corrected chi connectivity index (χ1v) is 9.83. The minimum absolute atomic E-state index is 0.150. The lowest BCUT2D eigenvalue weighted by molar-refractivity contribution is -0.123. The van der Waals surface area contributed by atoms with E-state index < -0.39 is 6.04 Å². The van der Waals surface area contributed by atoms with Crippen LogP contribution in [0.1, 0.15) is 15.9 Å². The van der Waals surface area contributed by atoms with Crippen molar-refractivity contribution in [3.05, 3.63) is 71.8 Å². The quantitative estimate of drug-likeness (QED) is 0.640. The molecule has 0 bridgehead atoms. The molecule has 0 aromatic heterocycles. The van der Waals surface area contributed by atoms with Gasteiger partial charge in [-0.1, -0.05) is 48.5 Å². The van der Waals surface area contributed by atoms with Crippen LogP contribution in [-0.4, -0.2) is 62.0 Å². The SMILES string of the molecule is O=C(NC(Cc1ccccc1)C(=O)NCCN1CCNCC1)c1ccccc1. The van der Waals surface area contributed by atoms with Gasteiger partial charge in [0.15, 0.2) is 0 Å². The number of nitrogens with zero attached hydrogens (tertiary/aromatic N) is 1. The van der Waals surface area contributed by atoms with Crippen molar-refractivity contribution in [2.45, 2.75) is 12.5 Å². The Morgan fingerprint density at radius 1 is 0.964 bits per heavy atom. The van der Waals surface area contributed by atoms with Crippen LogP contribution in [0, 0.1) is 0 Å². The van der Waals surface area contributed by atoms with Crippen LogP contribution in [0.2, 0.25) is 0 Å². The van der Waals surface area contributed by atoms with Crippen molar-refractivity contribution in [2.24, 2.45) is 0 Å². The van der Waals surface area contributed by atoms with Crippen LogP contribution < -0.4 is 16.0 Å². The van der Waals surface area contributed by atoms with Gasteiger partial charge in [-0.25, -0.2) is 0 Å². The maximum Gasteiger partial charge on any atom is 0.251 e. The summed E-state index contributed by atoms with van der Waals surface area (Å²) in [5, 5.41) is 9.21. The van der Waals surface area contributed by atoms with Crippen LogP contribution >= 0.6 is 0 Å². The molecule has 2 amide bonds. The molecule has 1 saturated heterocycles. The first-order valence-electron chi connectivity index (χ1n) is 9.83. The Kier molecular flexibility index (Phi) is 7.58. The van der Waals surface area contributed by atoms with E-state index in [1.807, 2.05) is 48.5 Å². The highest BCUT2D eigenvalue weighted by Crippen LogP contribution is 2.06. The minimum atomic E-state index is -0.613. The molecular formula is C22H28N4O2. The fourth-order valence-corrected chi connectivity index (χ4v) is 3.29. The Hall–Kier alpha value is -2.70. The van der Waals surface area contributed by atoms with Crippen LogP contribution in [-0.2, 0) is 11.2 Å². The van der Waals surface area contributed by atoms with Gasteiger partial charge in [0.2, 0.25) is 5.91 Å². The van der Waals surface area contributed by atoms with Crippen molar-refractivity contribution < 1.29 is 9.59 Å². The molecule has 1 fully saturated rings. The van der Waals surface area contributed by atoms with Crippen molar-refractivity contribution in [1.29, 1.82) is 0 Å². The second-order valence-electron chi connectivity index (χ2n) is 6.96. The first-order chi connectivity index (χ1) is 13.7. The lowest BCUT2D eigenvalue weighted by Gasteiger charge is -2.27. The van der Waals surface area contributed by atoms with E-state index in [0.717, 1.165) is 38.3 Å². The van der Waals surface area contributed by atoms with Crippen LogP contribution in [0.25, 0.3) is 0 Å². The average Bonchev–Trinajstić information content (AvgIpc) is 2.75. The zero-order valence-electron chi connectivity index (χ0n) is 16.1. The fourth-order valence-electron chi connectivity index (χ4n) is 3.29. The number of rotatable bonds is 8. The normalized spacial score (nSPS) is 15.6. The van der Waals surface area contributed by atoms with E-state index in [1.54, 1.807) is 12.1 Å². The number of piperazine rings is 1. The van der Waals surface area contributed by atoms with Crippen molar-refractivity contribution in [2.75, 3.05) is 39.3 Å². The second-order valence-corrected chi connectivity index (χ2v) is 6.96. The number of hydrogen-bond donors (Lipinski definition) is 3. The van der Waals surface area contributed by atoms with E-state index in [-0.39, 0.29) is 11.8 Å². The number of nitrogens with one attached hydrogen (secondary N) is 3. The lowest BCUT2D eigenvalue weighted by Crippen LogP contribution is -2.50. The van der Waals surface area contributed by atoms with E-state index in [1.165, 1.54) is 0 Å². The Morgan fingerprint density at radius 2 is 1.61 bits per heavy atom. The van der Waals surface area contributed by atoms with Gasteiger partial charge in [0, 0.05) is 51.3 Å². The summed E-state index contributed by atoms with van der Waals surface area (Å²) in [6, 6.07) is 18.1. The third-order valence-corrected chi connectivity index (χ3v) is 4.88. The van der Waals surface area contributed by atoms with Gasteiger partial charge >= 0.3 is 0 Å². The fraction of sp³-hybridized carbons (Fsp3) is 0.364. The summed E-state index contributed by atoms with van der Waals surface area (Å²) in [4.78, 5) is 27.7. The van der Waals surface area contributed by atoms with Crippen molar-refractivity contribution in [3.8, 4) is 0 Å². The molecule has 0 spiro atoms. The molecular weight excluding hydrogens is 352 g/mol. The summed E-state index contributed by atoms with van der Waals surface area (Å²) in [6.45, 7) is 5.35. The molecule has 3 rings (SSSR count). The third kappa shape index (κ3) is 6.18. The summed E-state index contributed by atoms with van der Waals surface area (Å²) < 4.78 is 0. The van der Waals surface area contributed by atoms with E-state index in [0.29, 0.717) is 18.5 Å². The zero-order chi connectivity index (χ0) is 19.6. The molecule has 6 nitrogen and oxygen atoms in total. The predicted octanol–water partition coefficient (Wildman–Crippen LogP) is 1.05. The van der Waals surface area contributed by atoms with Crippen LogP contribution in [0.3, 0.4) is 0 Å². The Balaban J connectivity index is 1.59. The molecule has 0 aliphatic carbocycles. The van der Waals surface area contributed by atoms with Crippen LogP contribution in [0.15, 0.2) is 60.7 Å². The molecule has 148 valence electrons. The summed E-state index contributed by atoms with van der Waals surface area (Å²) in [5.41, 5.74) is 1.56. The van der Waals surface area contributed by atoms with E-state index >= 15 is 0 Å². The maximum absolute atomic E-state index is 12.8. The molecule has 1 atom stereocenters. The topological polar surface area (TPSA) is 73.5 Å². The van der Waals surface area contributed by atoms with Crippen molar-refractivity contribution >= 4 is 11.8 Å². The van der Waals surface area contributed by atoms with Gasteiger partial charge < -0.3 is 16.0 Å². The summed E-state index contributed by atoms with van der Waals surface area (Å²) in [5.74, 6) is -0.387. The molecule has 28 heavy (non-hydrogen) atoms. The van der Waals surface area contributed by atoms with Gasteiger partial charge in [-0.3, -0.25) is 14.5 Å². The summed E-state index contributed by atoms with van der Waals surface area (Å²) in [6.07, 6.45) is 0.457. The smallest absolute Gasteiger partial charge is 0.251 e. The monoisotopic (exact) mass is 380 g/mol. The third-order valence-electron chi connectivity index (χ3n) is 4.88. The number of benzene rings is 2. The molecule has 6 heteroatoms. The molecule has 0 saturated carbocycles. The van der Waals surface area contributed by atoms with E-state index in [2.05, 4.69) is 20.9 Å². The Bertz CT molecular complexity index is 746. The Labute approximate surface area is 166 Å². The predicted molar refractivity (Wildman–Crippen MR) is 110 cm³/mol. The van der Waals surface area contributed by atoms with Crippen LogP contribution in [0.5, 0.6) is 0 Å². The van der Waals surface area contributed by atoms with Crippen molar-refractivity contribution in [1.82, 2.24) is 20.9 Å². The molecule has 2 aromatic carbocycles. The van der Waals surface area contributed by atoms with Gasteiger partial charge in [0.25, 0.3) is 5.91 Å². The minimum Gasteiger partial charge on any atom is -0.353 e. The highest BCUT2D eigenvalue weighted by Gasteiger charge is 2.22. The first kappa shape index (κ1) is 20.0. The molecule has 1 unspecified atom stereocenters. The van der Waals surface area contributed by atoms with Gasteiger partial charge in [0.1, 0.15) is 6.04 Å². The Morgan fingerprint density at radius 3 is 2.29 bits per heavy atom. The standard InChI is InChI=1S/C22H28N4O2/c27-21(19-9-5-2-6-10-19)25-20(17-18-7-3-1-4-8-18)22(28)24-13-16-26-14-11-23-12-15-26/h1-10,20,23H,11-17H2,(H,24,28)(H,25,27). The van der Waals surface area contributed by atoms with Crippen LogP contribution in [0.4, 0.5) is 0 Å². The molecule has 1 aliphatic rings. The molecule has 3 N–H and O–H groups in total. The van der Waals surface area contributed by atoms with Gasteiger partial charge in [0.05, 0.1) is 0 Å². The van der Waals surface area contributed by atoms with E-state index in [9.17, 15) is 9.59 Å². The molecule has 1 heterocycles. The highest BCUT2D eigenvalue weighted by molar-refractivity contribution is 5.97. The maximum atomic E-state index is 12.8. The highest BCUT2D eigenvalue weighted by atomic mass is 16.2. The molecule has 1 aliphatic heterocycles. The van der Waals surface area contributed by atoms with Gasteiger partial charge in [-0.15, -0.1) is 0 Å².